The van der Waals surface area contributed by atoms with Crippen molar-refractivity contribution in [2.75, 3.05) is 6.61 Å². The number of aromatic nitrogens is 2. The van der Waals surface area contributed by atoms with Gasteiger partial charge in [-0.05, 0) is 52.2 Å². The number of piperidine rings is 1. The molecule has 0 aliphatic carbocycles. The van der Waals surface area contributed by atoms with Crippen molar-refractivity contribution in [3.63, 3.8) is 0 Å². The minimum Gasteiger partial charge on any atom is -0.452 e. The van der Waals surface area contributed by atoms with Crippen molar-refractivity contribution in [3.8, 4) is 0 Å². The van der Waals surface area contributed by atoms with Crippen LogP contribution in [0.4, 0.5) is 0 Å². The number of ether oxygens (including phenoxy) is 1. The number of likely N-dealkylation sites (tertiary alicyclic amines) is 1. The molecule has 1 saturated heterocycles. The second-order valence-corrected chi connectivity index (χ2v) is 8.04. The van der Waals surface area contributed by atoms with Crippen molar-refractivity contribution < 1.29 is 18.8 Å². The molecule has 1 fully saturated rings. The summed E-state index contributed by atoms with van der Waals surface area (Å²) >= 11 is 1.38. The number of amides is 1. The van der Waals surface area contributed by atoms with Crippen LogP contribution >= 0.6 is 11.8 Å². The van der Waals surface area contributed by atoms with Gasteiger partial charge in [-0.2, -0.15) is 0 Å². The summed E-state index contributed by atoms with van der Waals surface area (Å²) in [4.78, 5) is 31.2. The molecule has 1 aliphatic rings. The second-order valence-electron chi connectivity index (χ2n) is 7.08. The van der Waals surface area contributed by atoms with E-state index in [2.05, 4.69) is 10.1 Å². The van der Waals surface area contributed by atoms with Crippen molar-refractivity contribution in [2.45, 2.75) is 62.9 Å². The number of nitrogens with zero attached hydrogens (tertiary/aromatic N) is 3. The highest BCUT2D eigenvalue weighted by Crippen LogP contribution is 2.25. The Bertz CT molecular complexity index is 828. The molecule has 1 amide bonds. The summed E-state index contributed by atoms with van der Waals surface area (Å²) in [5.74, 6) is 0.564. The Morgan fingerprint density at radius 3 is 2.75 bits per heavy atom. The van der Waals surface area contributed by atoms with E-state index in [4.69, 9.17) is 9.26 Å². The van der Waals surface area contributed by atoms with Crippen LogP contribution in [0, 0.1) is 6.92 Å². The molecule has 0 radical (unpaired) electrons. The zero-order valence-electron chi connectivity index (χ0n) is 16.4. The molecule has 28 heavy (non-hydrogen) atoms. The first-order chi connectivity index (χ1) is 13.5. The van der Waals surface area contributed by atoms with E-state index in [-0.39, 0.29) is 24.6 Å². The number of pyridine rings is 1. The summed E-state index contributed by atoms with van der Waals surface area (Å²) in [6, 6.07) is 5.52. The highest BCUT2D eigenvalue weighted by Gasteiger charge is 2.29. The van der Waals surface area contributed by atoms with Crippen LogP contribution < -0.4 is 0 Å². The number of aryl methyl sites for hydroxylation is 1. The van der Waals surface area contributed by atoms with E-state index in [0.29, 0.717) is 16.3 Å². The first-order valence-electron chi connectivity index (χ1n) is 9.44. The fourth-order valence-electron chi connectivity index (χ4n) is 3.48. The largest absolute Gasteiger partial charge is 0.452 e. The lowest BCUT2D eigenvalue weighted by Crippen LogP contribution is -2.49. The van der Waals surface area contributed by atoms with Gasteiger partial charge in [0.05, 0.1) is 11.3 Å². The van der Waals surface area contributed by atoms with Crippen LogP contribution in [0.3, 0.4) is 0 Å². The highest BCUT2D eigenvalue weighted by molar-refractivity contribution is 7.98. The molecule has 0 saturated carbocycles. The molecule has 3 rings (SSSR count). The molecule has 2 aromatic rings. The number of carbonyl (C=O) groups is 2. The summed E-state index contributed by atoms with van der Waals surface area (Å²) in [7, 11) is 0. The van der Waals surface area contributed by atoms with Gasteiger partial charge >= 0.3 is 5.97 Å². The summed E-state index contributed by atoms with van der Waals surface area (Å²) in [5, 5.41) is 4.48. The fraction of sp³-hybridized carbons (Fsp3) is 0.500. The molecular formula is C20H25N3O4S. The van der Waals surface area contributed by atoms with E-state index in [1.165, 1.54) is 11.8 Å². The van der Waals surface area contributed by atoms with Crippen molar-refractivity contribution in [1.29, 1.82) is 0 Å². The van der Waals surface area contributed by atoms with Gasteiger partial charge in [0.1, 0.15) is 10.8 Å². The van der Waals surface area contributed by atoms with Crippen LogP contribution in [0.15, 0.2) is 33.9 Å². The Hall–Kier alpha value is -2.35. The van der Waals surface area contributed by atoms with Crippen LogP contribution in [0.2, 0.25) is 0 Å². The van der Waals surface area contributed by atoms with Crippen LogP contribution in [0.5, 0.6) is 0 Å². The van der Waals surface area contributed by atoms with Crippen molar-refractivity contribution in [3.05, 3.63) is 41.4 Å². The molecule has 0 bridgehead atoms. The van der Waals surface area contributed by atoms with Gasteiger partial charge in [-0.3, -0.25) is 4.79 Å². The summed E-state index contributed by atoms with van der Waals surface area (Å²) < 4.78 is 10.4. The predicted octanol–water partition coefficient (Wildman–Crippen LogP) is 3.62. The number of hydrogen-bond donors (Lipinski definition) is 0. The highest BCUT2D eigenvalue weighted by atomic mass is 32.2. The normalized spacial score (nSPS) is 19.5. The Labute approximate surface area is 168 Å². The predicted molar refractivity (Wildman–Crippen MR) is 105 cm³/mol. The molecule has 0 unspecified atom stereocenters. The molecular weight excluding hydrogens is 378 g/mol. The Morgan fingerprint density at radius 2 is 2.07 bits per heavy atom. The Morgan fingerprint density at radius 1 is 1.32 bits per heavy atom. The van der Waals surface area contributed by atoms with E-state index in [9.17, 15) is 9.59 Å². The SMILES string of the molecule is Cc1cc(CSc2ncccc2C(=O)OCC(=O)N2[C@H](C)CCC[C@@H]2C)no1. The summed E-state index contributed by atoms with van der Waals surface area (Å²) in [6.07, 6.45) is 4.70. The molecule has 0 spiro atoms. The first-order valence-corrected chi connectivity index (χ1v) is 10.4. The smallest absolute Gasteiger partial charge is 0.341 e. The quantitative estimate of drug-likeness (QED) is 0.538. The maximum atomic E-state index is 12.6. The van der Waals surface area contributed by atoms with Gasteiger partial charge in [-0.1, -0.05) is 16.9 Å². The van der Waals surface area contributed by atoms with Gasteiger partial charge in [-0.15, -0.1) is 0 Å². The molecule has 2 atom stereocenters. The van der Waals surface area contributed by atoms with Crippen LogP contribution in [0.1, 0.15) is 54.9 Å². The molecule has 0 N–H and O–H groups in total. The zero-order chi connectivity index (χ0) is 20.1. The van der Waals surface area contributed by atoms with Gasteiger partial charge in [0.15, 0.2) is 6.61 Å². The third kappa shape index (κ3) is 4.92. The van der Waals surface area contributed by atoms with E-state index in [1.807, 2.05) is 31.7 Å². The van der Waals surface area contributed by atoms with Gasteiger partial charge < -0.3 is 14.2 Å². The lowest BCUT2D eigenvalue weighted by Gasteiger charge is -2.38. The lowest BCUT2D eigenvalue weighted by molar-refractivity contribution is -0.140. The molecule has 2 aromatic heterocycles. The average molecular weight is 404 g/mol. The van der Waals surface area contributed by atoms with Crippen molar-refractivity contribution in [1.82, 2.24) is 15.0 Å². The molecule has 8 heteroatoms. The van der Waals surface area contributed by atoms with Gasteiger partial charge in [-0.25, -0.2) is 9.78 Å². The average Bonchev–Trinajstić information content (AvgIpc) is 3.10. The summed E-state index contributed by atoms with van der Waals surface area (Å²) in [6.45, 7) is 5.65. The van der Waals surface area contributed by atoms with E-state index >= 15 is 0 Å². The molecule has 7 nitrogen and oxygen atoms in total. The zero-order valence-corrected chi connectivity index (χ0v) is 17.2. The van der Waals surface area contributed by atoms with Gasteiger partial charge in [0.2, 0.25) is 0 Å². The fourth-order valence-corrected chi connectivity index (χ4v) is 4.34. The minimum absolute atomic E-state index is 0.149. The Balaban J connectivity index is 1.60. The van der Waals surface area contributed by atoms with Crippen LogP contribution in [0.25, 0.3) is 0 Å². The van der Waals surface area contributed by atoms with Crippen molar-refractivity contribution in [2.24, 2.45) is 0 Å². The number of rotatable bonds is 6. The van der Waals surface area contributed by atoms with E-state index in [0.717, 1.165) is 30.7 Å². The maximum absolute atomic E-state index is 12.6. The van der Waals surface area contributed by atoms with E-state index < -0.39 is 5.97 Å². The third-order valence-electron chi connectivity index (χ3n) is 4.83. The number of thioether (sulfide) groups is 1. The van der Waals surface area contributed by atoms with Gasteiger partial charge in [0, 0.05) is 30.1 Å². The van der Waals surface area contributed by atoms with Gasteiger partial charge in [0.25, 0.3) is 5.91 Å². The van der Waals surface area contributed by atoms with Crippen LogP contribution in [-0.2, 0) is 15.3 Å². The number of esters is 1. The topological polar surface area (TPSA) is 85.5 Å². The second kappa shape index (κ2) is 9.23. The molecule has 0 aromatic carbocycles. The maximum Gasteiger partial charge on any atom is 0.341 e. The monoisotopic (exact) mass is 403 g/mol. The third-order valence-corrected chi connectivity index (χ3v) is 5.87. The molecule has 150 valence electrons. The van der Waals surface area contributed by atoms with Crippen molar-refractivity contribution >= 4 is 23.6 Å². The number of hydrogen-bond acceptors (Lipinski definition) is 7. The lowest BCUT2D eigenvalue weighted by atomic mass is 9.97. The standard InChI is InChI=1S/C20H25N3O4S/c1-13-6-4-7-14(2)23(13)18(24)11-26-20(25)17-8-5-9-21-19(17)28-12-16-10-15(3)27-22-16/h5,8-10,13-14H,4,6-7,11-12H2,1-3H3/t13-,14+. The minimum atomic E-state index is -0.544. The Kier molecular flexibility index (Phi) is 6.72. The van der Waals surface area contributed by atoms with Crippen LogP contribution in [-0.4, -0.2) is 45.6 Å². The molecule has 1 aliphatic heterocycles. The molecule has 3 heterocycles. The van der Waals surface area contributed by atoms with E-state index in [1.54, 1.807) is 18.3 Å². The number of carbonyl (C=O) groups excluding carboxylic acids is 2. The summed E-state index contributed by atoms with van der Waals surface area (Å²) in [5.41, 5.74) is 1.12. The first kappa shape index (κ1) is 20.4.